The number of nitrogens with one attached hydrogen (secondary N) is 1. The number of aromatic nitrogens is 2. The Hall–Kier alpha value is -1.55. The number of rotatable bonds is 3. The molecule has 1 aromatic carbocycles. The second kappa shape index (κ2) is 5.36. The third-order valence-corrected chi connectivity index (χ3v) is 1.84. The number of nitrogens with zero attached hydrogens (tertiary/aromatic N) is 2. The van der Waals surface area contributed by atoms with Crippen LogP contribution in [0.2, 0.25) is 0 Å². The Labute approximate surface area is 93.3 Å². The lowest BCUT2D eigenvalue weighted by Gasteiger charge is -2.04. The molecule has 0 spiro atoms. The summed E-state index contributed by atoms with van der Waals surface area (Å²) in [6.07, 6.45) is 2.46. The Morgan fingerprint density at radius 3 is 2.60 bits per heavy atom. The fraction of sp³-hybridized carbons (Fsp3) is 0.100. The number of benzene rings is 1. The van der Waals surface area contributed by atoms with Crippen LogP contribution in [-0.4, -0.2) is 9.89 Å². The molecule has 0 saturated carbocycles. The predicted octanol–water partition coefficient (Wildman–Crippen LogP) is 2.19. The van der Waals surface area contributed by atoms with Crippen LogP contribution in [0.5, 0.6) is 0 Å². The fourth-order valence-electron chi connectivity index (χ4n) is 1.16. The van der Waals surface area contributed by atoms with Gasteiger partial charge in [-0.3, -0.25) is 0 Å². The van der Waals surface area contributed by atoms with Gasteiger partial charge in [0.15, 0.2) is 5.82 Å². The molecule has 5 heteroatoms. The van der Waals surface area contributed by atoms with Gasteiger partial charge in [-0.05, 0) is 5.56 Å². The summed E-state index contributed by atoms with van der Waals surface area (Å²) in [7, 11) is 0. The van der Waals surface area contributed by atoms with Gasteiger partial charge >= 0.3 is 0 Å². The van der Waals surface area contributed by atoms with Crippen LogP contribution in [-0.2, 0) is 6.54 Å². The highest BCUT2D eigenvalue weighted by Crippen LogP contribution is 1.98. The van der Waals surface area contributed by atoms with Gasteiger partial charge in [0, 0.05) is 0 Å². The highest BCUT2D eigenvalue weighted by molar-refractivity contribution is 5.85. The second-order valence-electron chi connectivity index (χ2n) is 2.92. The lowest BCUT2D eigenvalue weighted by molar-refractivity contribution is 0.624. The van der Waals surface area contributed by atoms with E-state index in [1.54, 1.807) is 0 Å². The zero-order valence-corrected chi connectivity index (χ0v) is 8.75. The normalized spacial score (nSPS) is 9.40. The first-order chi connectivity index (χ1) is 6.84. The summed E-state index contributed by atoms with van der Waals surface area (Å²) in [6, 6.07) is 9.86. The van der Waals surface area contributed by atoms with E-state index >= 15 is 0 Å². The Morgan fingerprint density at radius 1 is 1.27 bits per heavy atom. The molecular weight excluding hydrogens is 217 g/mol. The van der Waals surface area contributed by atoms with E-state index in [1.165, 1.54) is 11.0 Å². The first-order valence-electron chi connectivity index (χ1n) is 4.32. The van der Waals surface area contributed by atoms with Gasteiger partial charge in [0.05, 0.1) is 18.9 Å². The van der Waals surface area contributed by atoms with E-state index in [-0.39, 0.29) is 18.2 Å². The minimum absolute atomic E-state index is 0. The smallest absolute Gasteiger partial charge is 0.163 e. The van der Waals surface area contributed by atoms with Gasteiger partial charge < -0.3 is 5.43 Å². The summed E-state index contributed by atoms with van der Waals surface area (Å²) in [5.74, 6) is -0.342. The average molecular weight is 228 g/mol. The number of hydrogen-bond acceptors (Lipinski definition) is 2. The van der Waals surface area contributed by atoms with Crippen molar-refractivity contribution in [3.8, 4) is 0 Å². The molecule has 2 rings (SSSR count). The maximum Gasteiger partial charge on any atom is 0.163 e. The van der Waals surface area contributed by atoms with Crippen molar-refractivity contribution in [3.05, 3.63) is 54.1 Å². The molecule has 0 aliphatic heterocycles. The Kier molecular flexibility index (Phi) is 4.12. The Bertz CT molecular complexity index is 402. The van der Waals surface area contributed by atoms with Gasteiger partial charge in [0.1, 0.15) is 0 Å². The summed E-state index contributed by atoms with van der Waals surface area (Å²) >= 11 is 0. The molecule has 0 fully saturated rings. The third-order valence-electron chi connectivity index (χ3n) is 1.84. The third kappa shape index (κ3) is 3.25. The summed E-state index contributed by atoms with van der Waals surface area (Å²) < 4.78 is 12.5. The molecule has 0 saturated heterocycles. The average Bonchev–Trinajstić information content (AvgIpc) is 2.63. The van der Waals surface area contributed by atoms with Crippen molar-refractivity contribution in [2.45, 2.75) is 6.54 Å². The van der Waals surface area contributed by atoms with E-state index in [1.807, 2.05) is 30.3 Å². The van der Waals surface area contributed by atoms with Crippen LogP contribution in [0.3, 0.4) is 0 Å². The van der Waals surface area contributed by atoms with Crippen LogP contribution >= 0.6 is 12.4 Å². The molecule has 1 heterocycles. The first kappa shape index (κ1) is 11.5. The molecule has 2 aromatic rings. The summed E-state index contributed by atoms with van der Waals surface area (Å²) in [4.78, 5) is 1.36. The summed E-state index contributed by atoms with van der Waals surface area (Å²) in [5.41, 5.74) is 4.08. The van der Waals surface area contributed by atoms with Gasteiger partial charge in [-0.15, -0.1) is 12.4 Å². The fourth-order valence-corrected chi connectivity index (χ4v) is 1.16. The van der Waals surface area contributed by atoms with Crippen LogP contribution in [0, 0.1) is 5.82 Å². The molecule has 0 radical (unpaired) electrons. The molecular formula is C10H11ClFN3. The predicted molar refractivity (Wildman–Crippen MR) is 58.9 cm³/mol. The lowest BCUT2D eigenvalue weighted by Crippen LogP contribution is -2.14. The molecule has 3 nitrogen and oxygen atoms in total. The summed E-state index contributed by atoms with van der Waals surface area (Å²) in [5, 5.41) is 3.76. The van der Waals surface area contributed by atoms with E-state index < -0.39 is 0 Å². The SMILES string of the molecule is Cl.Fc1cnn(NCc2ccccc2)c1. The standard InChI is InChI=1S/C10H10FN3.ClH/c11-10-7-13-14(8-10)12-6-9-4-2-1-3-5-9;/h1-5,7-8,12H,6H2;1H. The van der Waals surface area contributed by atoms with E-state index in [0.29, 0.717) is 6.54 Å². The lowest BCUT2D eigenvalue weighted by atomic mass is 10.2. The molecule has 0 aliphatic rings. The minimum Gasteiger partial charge on any atom is -0.305 e. The van der Waals surface area contributed by atoms with Crippen molar-refractivity contribution in [3.63, 3.8) is 0 Å². The van der Waals surface area contributed by atoms with Crippen molar-refractivity contribution in [2.24, 2.45) is 0 Å². The zero-order chi connectivity index (χ0) is 9.80. The van der Waals surface area contributed by atoms with Crippen molar-refractivity contribution in [2.75, 3.05) is 5.43 Å². The topological polar surface area (TPSA) is 29.9 Å². The molecule has 1 aromatic heterocycles. The molecule has 0 bridgehead atoms. The summed E-state index contributed by atoms with van der Waals surface area (Å²) in [6.45, 7) is 0.627. The van der Waals surface area contributed by atoms with E-state index in [2.05, 4.69) is 10.5 Å². The van der Waals surface area contributed by atoms with Crippen molar-refractivity contribution in [1.29, 1.82) is 0 Å². The quantitative estimate of drug-likeness (QED) is 0.871. The van der Waals surface area contributed by atoms with Crippen LogP contribution < -0.4 is 5.43 Å². The number of halogens is 2. The maximum absolute atomic E-state index is 12.5. The van der Waals surface area contributed by atoms with Gasteiger partial charge in [-0.25, -0.2) is 4.39 Å². The van der Waals surface area contributed by atoms with Gasteiger partial charge in [-0.2, -0.15) is 9.89 Å². The molecule has 0 atom stereocenters. The van der Waals surface area contributed by atoms with Crippen LogP contribution in [0.25, 0.3) is 0 Å². The molecule has 15 heavy (non-hydrogen) atoms. The highest BCUT2D eigenvalue weighted by Gasteiger charge is 1.95. The van der Waals surface area contributed by atoms with Gasteiger partial charge in [0.2, 0.25) is 0 Å². The Balaban J connectivity index is 0.00000112. The van der Waals surface area contributed by atoms with Gasteiger partial charge in [-0.1, -0.05) is 30.3 Å². The molecule has 1 N–H and O–H groups in total. The largest absolute Gasteiger partial charge is 0.305 e. The van der Waals surface area contributed by atoms with E-state index in [9.17, 15) is 4.39 Å². The monoisotopic (exact) mass is 227 g/mol. The van der Waals surface area contributed by atoms with Crippen molar-refractivity contribution >= 4 is 12.4 Å². The minimum atomic E-state index is -0.342. The van der Waals surface area contributed by atoms with Crippen molar-refractivity contribution < 1.29 is 4.39 Å². The van der Waals surface area contributed by atoms with Crippen LogP contribution in [0.1, 0.15) is 5.56 Å². The second-order valence-corrected chi connectivity index (χ2v) is 2.92. The van der Waals surface area contributed by atoms with E-state index in [4.69, 9.17) is 0 Å². The highest BCUT2D eigenvalue weighted by atomic mass is 35.5. The maximum atomic E-state index is 12.5. The van der Waals surface area contributed by atoms with Crippen molar-refractivity contribution in [1.82, 2.24) is 9.89 Å². The molecule has 0 amide bonds. The molecule has 0 aliphatic carbocycles. The van der Waals surface area contributed by atoms with Crippen LogP contribution in [0.15, 0.2) is 42.7 Å². The Morgan fingerprint density at radius 2 is 2.00 bits per heavy atom. The zero-order valence-electron chi connectivity index (χ0n) is 7.93. The van der Waals surface area contributed by atoms with E-state index in [0.717, 1.165) is 11.8 Å². The molecule has 0 unspecified atom stereocenters. The number of hydrogen-bond donors (Lipinski definition) is 1. The molecule has 80 valence electrons. The van der Waals surface area contributed by atoms with Gasteiger partial charge in [0.25, 0.3) is 0 Å². The first-order valence-corrected chi connectivity index (χ1v) is 4.32. The van der Waals surface area contributed by atoms with Crippen LogP contribution in [0.4, 0.5) is 4.39 Å².